The molecule has 4 N–H and O–H groups in total. The minimum absolute atomic E-state index is 0. The van der Waals surface area contributed by atoms with Crippen LogP contribution in [0.5, 0.6) is 0 Å². The van der Waals surface area contributed by atoms with Crippen molar-refractivity contribution in [3.8, 4) is 0 Å². The third kappa shape index (κ3) is 9.48. The fraction of sp³-hybridized carbons (Fsp3) is 0.286. The largest absolute Gasteiger partial charge is 0 e. The van der Waals surface area contributed by atoms with Crippen molar-refractivity contribution < 1.29 is 53.3 Å². The Balaban J connectivity index is 0.00000211. The Bertz CT molecular complexity index is 1210. The van der Waals surface area contributed by atoms with Crippen molar-refractivity contribution in [2.75, 3.05) is 6.54 Å². The van der Waals surface area contributed by atoms with Crippen molar-refractivity contribution in [2.24, 2.45) is 5.14 Å². The molecule has 0 amide bonds. The molecule has 1 aromatic carbocycles. The molecule has 0 saturated heterocycles. The molecule has 0 atom stereocenters. The van der Waals surface area contributed by atoms with Crippen molar-refractivity contribution in [3.05, 3.63) is 72.9 Å². The number of aromatic nitrogens is 4. The SMILES string of the molecule is NS(=O)(=O)c1ccc(CCN(Cc2nccn2CC(=O)O)Cc2nccn2CC(=O)O)cc1.[C-]#[O+].[Re]. The zero-order valence-corrected chi connectivity index (χ0v) is 22.4. The summed E-state index contributed by atoms with van der Waals surface area (Å²) in [5.41, 5.74) is 0.871. The summed E-state index contributed by atoms with van der Waals surface area (Å²) >= 11 is 0. The second-order valence-electron chi connectivity index (χ2n) is 7.38. The first kappa shape index (κ1) is 30.9. The van der Waals surface area contributed by atoms with Gasteiger partial charge >= 0.3 is 23.2 Å². The van der Waals surface area contributed by atoms with Gasteiger partial charge in [0.15, 0.2) is 0 Å². The number of primary sulfonamides is 1. The van der Waals surface area contributed by atoms with E-state index in [1.54, 1.807) is 24.5 Å². The fourth-order valence-electron chi connectivity index (χ4n) is 3.31. The van der Waals surface area contributed by atoms with Crippen LogP contribution in [0.1, 0.15) is 17.2 Å². The number of nitrogens with two attached hydrogens (primary N) is 1. The summed E-state index contributed by atoms with van der Waals surface area (Å²) in [4.78, 5) is 32.8. The average Bonchev–Trinajstić information content (AvgIpc) is 3.41. The second kappa shape index (κ2) is 14.4. The normalized spacial score (nSPS) is 10.8. The Morgan fingerprint density at radius 2 is 1.39 bits per heavy atom. The molecule has 0 aliphatic rings. The van der Waals surface area contributed by atoms with E-state index in [-0.39, 0.29) is 38.4 Å². The molecule has 0 spiro atoms. The number of hydrogen-bond donors (Lipinski definition) is 3. The van der Waals surface area contributed by atoms with E-state index in [0.29, 0.717) is 37.7 Å². The molecule has 13 nitrogen and oxygen atoms in total. The molecule has 193 valence electrons. The third-order valence-corrected chi connectivity index (χ3v) is 5.84. The first-order chi connectivity index (χ1) is 16.6. The number of hydrogen-bond acceptors (Lipinski definition) is 7. The predicted molar refractivity (Wildman–Crippen MR) is 119 cm³/mol. The molecule has 0 aliphatic heterocycles. The van der Waals surface area contributed by atoms with Gasteiger partial charge in [0.1, 0.15) is 24.7 Å². The molecule has 3 rings (SSSR count). The van der Waals surface area contributed by atoms with Crippen LogP contribution in [0, 0.1) is 6.65 Å². The number of benzene rings is 1. The minimum Gasteiger partial charge on any atom is 0 e. The van der Waals surface area contributed by atoms with Crippen LogP contribution in [-0.4, -0.2) is 61.1 Å². The zero-order valence-electron chi connectivity index (χ0n) is 18.9. The second-order valence-corrected chi connectivity index (χ2v) is 8.94. The van der Waals surface area contributed by atoms with Gasteiger partial charge in [0, 0.05) is 51.8 Å². The molecule has 1 radical (unpaired) electrons. The molecular formula is C21H24N6O7ReS. The van der Waals surface area contributed by atoms with Gasteiger partial charge in [0.25, 0.3) is 0 Å². The number of sulfonamides is 1. The average molecular weight is 691 g/mol. The van der Waals surface area contributed by atoms with E-state index in [1.807, 2.05) is 4.90 Å². The Morgan fingerprint density at radius 1 is 0.944 bits per heavy atom. The van der Waals surface area contributed by atoms with E-state index in [2.05, 4.69) is 16.6 Å². The fourth-order valence-corrected chi connectivity index (χ4v) is 3.83. The Hall–Kier alpha value is -3.15. The number of nitrogens with zero attached hydrogens (tertiary/aromatic N) is 5. The van der Waals surface area contributed by atoms with E-state index < -0.39 is 22.0 Å². The third-order valence-electron chi connectivity index (χ3n) is 4.91. The number of carboxylic acids is 2. The number of aliphatic carboxylic acids is 2. The van der Waals surface area contributed by atoms with Gasteiger partial charge < -0.3 is 19.3 Å². The van der Waals surface area contributed by atoms with Crippen LogP contribution < -0.4 is 5.14 Å². The number of carboxylic acid groups (broad SMARTS) is 2. The monoisotopic (exact) mass is 691 g/mol. The quantitative estimate of drug-likeness (QED) is 0.175. The summed E-state index contributed by atoms with van der Waals surface area (Å²) in [6.45, 7) is 5.14. The molecule has 15 heteroatoms. The van der Waals surface area contributed by atoms with Crippen LogP contribution >= 0.6 is 0 Å². The van der Waals surface area contributed by atoms with Gasteiger partial charge in [-0.25, -0.2) is 23.5 Å². The van der Waals surface area contributed by atoms with Gasteiger partial charge in [-0.1, -0.05) is 12.1 Å². The predicted octanol–water partition coefficient (Wildman–Crippen LogP) is 0.101. The van der Waals surface area contributed by atoms with Gasteiger partial charge in [-0.2, -0.15) is 0 Å². The van der Waals surface area contributed by atoms with Crippen LogP contribution in [0.2, 0.25) is 0 Å². The maximum absolute atomic E-state index is 11.4. The molecule has 3 aromatic rings. The van der Waals surface area contributed by atoms with Crippen molar-refractivity contribution in [1.82, 2.24) is 24.0 Å². The van der Waals surface area contributed by atoms with Gasteiger partial charge in [-0.3, -0.25) is 14.5 Å². The van der Waals surface area contributed by atoms with E-state index >= 15 is 0 Å². The Kier molecular flexibility index (Phi) is 12.4. The molecule has 0 saturated carbocycles. The summed E-state index contributed by atoms with van der Waals surface area (Å²) in [5.74, 6) is -0.905. The molecule has 0 unspecified atom stereocenters. The maximum atomic E-state index is 11.4. The summed E-state index contributed by atoms with van der Waals surface area (Å²) in [7, 11) is -3.78. The summed E-state index contributed by atoms with van der Waals surface area (Å²) in [6.07, 6.45) is 6.75. The molecule has 2 heterocycles. The Labute approximate surface area is 221 Å². The molecule has 0 bridgehead atoms. The van der Waals surface area contributed by atoms with Gasteiger partial charge in [0.2, 0.25) is 10.0 Å². The Morgan fingerprint density at radius 3 is 1.78 bits per heavy atom. The minimum atomic E-state index is -3.78. The van der Waals surface area contributed by atoms with Crippen LogP contribution in [0.4, 0.5) is 0 Å². The molecule has 0 fully saturated rings. The van der Waals surface area contributed by atoms with Crippen molar-refractivity contribution in [2.45, 2.75) is 37.5 Å². The van der Waals surface area contributed by atoms with Crippen LogP contribution in [0.25, 0.3) is 0 Å². The van der Waals surface area contributed by atoms with Gasteiger partial charge in [0.05, 0.1) is 18.0 Å². The summed E-state index contributed by atoms with van der Waals surface area (Å²) < 4.78 is 33.5. The van der Waals surface area contributed by atoms with Crippen LogP contribution in [0.3, 0.4) is 0 Å². The standard InChI is InChI=1S/C20H24N6O6S.CO.Re/c21-33(31,32)16-3-1-15(2-4-16)5-8-24(11-17-22-6-9-25(17)13-19(27)28)12-18-23-7-10-26(18)14-20(29)30;1-2;/h1-4,6-7,9-10H,5,8,11-14H2,(H,27,28)(H,29,30)(H2,21,31,32);;. The van der Waals surface area contributed by atoms with E-state index in [9.17, 15) is 18.0 Å². The zero-order chi connectivity index (χ0) is 26.0. The van der Waals surface area contributed by atoms with Crippen LogP contribution in [-0.2, 0) is 77.3 Å². The van der Waals surface area contributed by atoms with Crippen molar-refractivity contribution in [3.63, 3.8) is 0 Å². The van der Waals surface area contributed by atoms with E-state index in [4.69, 9.17) is 20.0 Å². The van der Waals surface area contributed by atoms with E-state index in [0.717, 1.165) is 5.56 Å². The van der Waals surface area contributed by atoms with E-state index in [1.165, 1.54) is 33.7 Å². The topological polar surface area (TPSA) is 194 Å². The van der Waals surface area contributed by atoms with Crippen LogP contribution in [0.15, 0.2) is 53.9 Å². The molecule has 36 heavy (non-hydrogen) atoms. The smallest absolute Gasteiger partial charge is 0 e. The van der Waals surface area contributed by atoms with Crippen molar-refractivity contribution in [1.29, 1.82) is 0 Å². The number of rotatable bonds is 12. The first-order valence-electron chi connectivity index (χ1n) is 10.1. The molecule has 2 aromatic heterocycles. The van der Waals surface area contributed by atoms with Crippen molar-refractivity contribution >= 4 is 22.0 Å². The van der Waals surface area contributed by atoms with Gasteiger partial charge in [-0.15, -0.1) is 0 Å². The molecule has 0 aliphatic carbocycles. The number of imidazole rings is 2. The number of carbonyl (C=O) groups is 2. The molecular weight excluding hydrogens is 667 g/mol. The summed E-state index contributed by atoms with van der Waals surface area (Å²) in [6, 6.07) is 6.23. The maximum Gasteiger partial charge on any atom is 0 e. The summed E-state index contributed by atoms with van der Waals surface area (Å²) in [5, 5.41) is 23.4. The van der Waals surface area contributed by atoms with Gasteiger partial charge in [-0.05, 0) is 24.1 Å². The first-order valence-corrected chi connectivity index (χ1v) is 11.6.